The van der Waals surface area contributed by atoms with Crippen LogP contribution in [-0.2, 0) is 6.42 Å². The Balaban J connectivity index is 1.26. The van der Waals surface area contributed by atoms with Gasteiger partial charge < -0.3 is 14.7 Å². The van der Waals surface area contributed by atoms with Crippen LogP contribution < -0.4 is 4.74 Å². The number of hydrogen-bond acceptors (Lipinski definition) is 3. The van der Waals surface area contributed by atoms with E-state index in [4.69, 9.17) is 4.74 Å². The van der Waals surface area contributed by atoms with Gasteiger partial charge in [-0.2, -0.15) is 0 Å². The molecule has 0 amide bonds. The monoisotopic (exact) mass is 355 g/mol. The van der Waals surface area contributed by atoms with Crippen LogP contribution >= 0.6 is 0 Å². The summed E-state index contributed by atoms with van der Waals surface area (Å²) in [5.41, 5.74) is 2.18. The van der Waals surface area contributed by atoms with Gasteiger partial charge in [-0.05, 0) is 73.4 Å². The molecule has 26 heavy (non-hydrogen) atoms. The number of likely N-dealkylation sites (tertiary alicyclic amines) is 1. The highest BCUT2D eigenvalue weighted by Gasteiger charge is 2.41. The first-order valence-corrected chi connectivity index (χ1v) is 9.50. The minimum atomic E-state index is -0.252. The Bertz CT molecular complexity index is 747. The fourth-order valence-corrected chi connectivity index (χ4v) is 4.45. The summed E-state index contributed by atoms with van der Waals surface area (Å²) in [6.45, 7) is 5.16. The Kier molecular flexibility index (Phi) is 4.86. The molecular formula is C22H26FNO2. The Morgan fingerprint density at radius 1 is 1.08 bits per heavy atom. The molecule has 1 aliphatic heterocycles. The number of fused-ring (bicyclic) bond motifs is 1. The molecule has 1 N–H and O–H groups in total. The predicted octanol–water partition coefficient (Wildman–Crippen LogP) is 4.17. The zero-order valence-corrected chi connectivity index (χ0v) is 15.2. The summed E-state index contributed by atoms with van der Waals surface area (Å²) in [4.78, 5) is 2.53. The highest BCUT2D eigenvalue weighted by atomic mass is 19.1. The van der Waals surface area contributed by atoms with Crippen molar-refractivity contribution in [3.05, 3.63) is 59.4 Å². The number of ether oxygens (including phenoxy) is 1. The minimum Gasteiger partial charge on any atom is -0.508 e. The van der Waals surface area contributed by atoms with Crippen molar-refractivity contribution < 1.29 is 14.2 Å². The van der Waals surface area contributed by atoms with Crippen molar-refractivity contribution in [2.75, 3.05) is 19.6 Å². The van der Waals surface area contributed by atoms with E-state index in [-0.39, 0.29) is 11.9 Å². The molecule has 3 nitrogen and oxygen atoms in total. The van der Waals surface area contributed by atoms with Crippen LogP contribution in [0.3, 0.4) is 0 Å². The number of phenolic OH excluding ortho intramolecular Hbond substituents is 1. The number of nitrogens with zero attached hydrogens (tertiary/aromatic N) is 1. The van der Waals surface area contributed by atoms with Gasteiger partial charge in [-0.1, -0.05) is 18.2 Å². The molecule has 0 bridgehead atoms. The number of benzene rings is 2. The summed E-state index contributed by atoms with van der Waals surface area (Å²) in [5.74, 6) is 1.78. The normalized spacial score (nSPS) is 25.4. The lowest BCUT2D eigenvalue weighted by Crippen LogP contribution is -2.26. The van der Waals surface area contributed by atoms with Gasteiger partial charge >= 0.3 is 0 Å². The second-order valence-electron chi connectivity index (χ2n) is 7.84. The van der Waals surface area contributed by atoms with Gasteiger partial charge in [-0.25, -0.2) is 4.39 Å². The van der Waals surface area contributed by atoms with E-state index in [0.717, 1.165) is 44.5 Å². The molecule has 138 valence electrons. The van der Waals surface area contributed by atoms with E-state index in [1.54, 1.807) is 18.2 Å². The fraction of sp³-hybridized carbons (Fsp3) is 0.455. The smallest absolute Gasteiger partial charge is 0.165 e. The summed E-state index contributed by atoms with van der Waals surface area (Å²) in [5, 5.41) is 9.36. The topological polar surface area (TPSA) is 32.7 Å². The zero-order valence-electron chi connectivity index (χ0n) is 15.2. The quantitative estimate of drug-likeness (QED) is 0.874. The van der Waals surface area contributed by atoms with Crippen molar-refractivity contribution in [3.63, 3.8) is 0 Å². The maximum absolute atomic E-state index is 14.0. The molecule has 0 radical (unpaired) electrons. The number of phenols is 1. The maximum Gasteiger partial charge on any atom is 0.165 e. The standard InChI is InChI=1S/C22H26FNO2/c1-15-2-7-22(21(23)10-15)26-20-11-17-13-24(14-18(17)12-20)9-8-16-3-5-19(25)6-4-16/h2-7,10,17-18,20,25H,8-9,11-14H2,1H3/t17-,18+,20?. The van der Waals surface area contributed by atoms with Crippen LogP contribution in [0.4, 0.5) is 4.39 Å². The summed E-state index contributed by atoms with van der Waals surface area (Å²) >= 11 is 0. The molecule has 0 spiro atoms. The van der Waals surface area contributed by atoms with Gasteiger partial charge in [0, 0.05) is 19.6 Å². The third kappa shape index (κ3) is 3.85. The van der Waals surface area contributed by atoms with Gasteiger partial charge in [0.1, 0.15) is 5.75 Å². The third-order valence-corrected chi connectivity index (χ3v) is 5.82. The maximum atomic E-state index is 14.0. The first-order valence-electron chi connectivity index (χ1n) is 9.50. The largest absolute Gasteiger partial charge is 0.508 e. The van der Waals surface area contributed by atoms with Gasteiger partial charge in [0.25, 0.3) is 0 Å². The van der Waals surface area contributed by atoms with Crippen LogP contribution in [0, 0.1) is 24.6 Å². The molecule has 2 fully saturated rings. The molecule has 2 aromatic rings. The number of rotatable bonds is 5. The summed E-state index contributed by atoms with van der Waals surface area (Å²) < 4.78 is 19.9. The molecule has 1 heterocycles. The molecule has 1 saturated carbocycles. The Morgan fingerprint density at radius 3 is 2.42 bits per heavy atom. The van der Waals surface area contributed by atoms with Crippen LogP contribution in [0.15, 0.2) is 42.5 Å². The van der Waals surface area contributed by atoms with Crippen molar-refractivity contribution in [3.8, 4) is 11.5 Å². The van der Waals surface area contributed by atoms with E-state index < -0.39 is 0 Å². The number of aryl methyl sites for hydroxylation is 1. The molecule has 0 aromatic heterocycles. The second-order valence-corrected chi connectivity index (χ2v) is 7.84. The number of aromatic hydroxyl groups is 1. The van der Waals surface area contributed by atoms with Gasteiger partial charge in [0.2, 0.25) is 0 Å². The van der Waals surface area contributed by atoms with Crippen molar-refractivity contribution >= 4 is 0 Å². The molecule has 2 aromatic carbocycles. The Morgan fingerprint density at radius 2 is 1.77 bits per heavy atom. The van der Waals surface area contributed by atoms with Crippen LogP contribution in [-0.4, -0.2) is 35.7 Å². The first kappa shape index (κ1) is 17.3. The average molecular weight is 355 g/mol. The van der Waals surface area contributed by atoms with E-state index in [1.165, 1.54) is 11.6 Å². The highest BCUT2D eigenvalue weighted by Crippen LogP contribution is 2.40. The minimum absolute atomic E-state index is 0.140. The van der Waals surface area contributed by atoms with Crippen molar-refractivity contribution in [2.24, 2.45) is 11.8 Å². The summed E-state index contributed by atoms with van der Waals surface area (Å²) in [7, 11) is 0. The Hall–Kier alpha value is -2.07. The molecule has 4 rings (SSSR count). The Labute approximate surface area is 154 Å². The summed E-state index contributed by atoms with van der Waals surface area (Å²) in [6, 6.07) is 12.7. The van der Waals surface area contributed by atoms with Gasteiger partial charge in [0.05, 0.1) is 6.10 Å². The number of halogens is 1. The lowest BCUT2D eigenvalue weighted by Gasteiger charge is -2.20. The molecule has 1 saturated heterocycles. The molecule has 1 unspecified atom stereocenters. The predicted molar refractivity (Wildman–Crippen MR) is 100 cm³/mol. The van der Waals surface area contributed by atoms with Crippen LogP contribution in [0.1, 0.15) is 24.0 Å². The lowest BCUT2D eigenvalue weighted by molar-refractivity contribution is 0.179. The first-order chi connectivity index (χ1) is 12.6. The van der Waals surface area contributed by atoms with Gasteiger partial charge in [0.15, 0.2) is 11.6 Å². The second kappa shape index (κ2) is 7.28. The number of hydrogen-bond donors (Lipinski definition) is 1. The summed E-state index contributed by atoms with van der Waals surface area (Å²) in [6.07, 6.45) is 3.19. The third-order valence-electron chi connectivity index (χ3n) is 5.82. The van der Waals surface area contributed by atoms with E-state index in [1.807, 2.05) is 25.1 Å². The molecule has 4 heteroatoms. The lowest BCUT2D eigenvalue weighted by atomic mass is 10.0. The zero-order chi connectivity index (χ0) is 18.1. The van der Waals surface area contributed by atoms with Crippen LogP contribution in [0.25, 0.3) is 0 Å². The van der Waals surface area contributed by atoms with E-state index >= 15 is 0 Å². The van der Waals surface area contributed by atoms with Crippen molar-refractivity contribution in [1.82, 2.24) is 4.90 Å². The molecule has 1 aliphatic carbocycles. The molecule has 2 aliphatic rings. The van der Waals surface area contributed by atoms with E-state index in [9.17, 15) is 9.50 Å². The van der Waals surface area contributed by atoms with E-state index in [2.05, 4.69) is 4.90 Å². The average Bonchev–Trinajstić information content (AvgIpc) is 3.15. The van der Waals surface area contributed by atoms with Gasteiger partial charge in [-0.3, -0.25) is 0 Å². The van der Waals surface area contributed by atoms with Crippen molar-refractivity contribution in [2.45, 2.75) is 32.3 Å². The van der Waals surface area contributed by atoms with Crippen LogP contribution in [0.5, 0.6) is 11.5 Å². The fourth-order valence-electron chi connectivity index (χ4n) is 4.45. The molecule has 3 atom stereocenters. The van der Waals surface area contributed by atoms with Crippen molar-refractivity contribution in [1.29, 1.82) is 0 Å². The highest BCUT2D eigenvalue weighted by molar-refractivity contribution is 5.29. The van der Waals surface area contributed by atoms with E-state index in [0.29, 0.717) is 23.3 Å². The SMILES string of the molecule is Cc1ccc(OC2C[C@@H]3CN(CCc4ccc(O)cc4)C[C@@H]3C2)c(F)c1. The van der Waals surface area contributed by atoms with Crippen LogP contribution in [0.2, 0.25) is 0 Å². The van der Waals surface area contributed by atoms with Gasteiger partial charge in [-0.15, -0.1) is 0 Å². The molecular weight excluding hydrogens is 329 g/mol.